The predicted molar refractivity (Wildman–Crippen MR) is 115 cm³/mol. The van der Waals surface area contributed by atoms with Crippen LogP contribution in [0.25, 0.3) is 0 Å². The van der Waals surface area contributed by atoms with Crippen molar-refractivity contribution in [2.45, 2.75) is 33.1 Å². The minimum atomic E-state index is 0.0884. The van der Waals surface area contributed by atoms with Gasteiger partial charge < -0.3 is 15.4 Å². The normalized spacial score (nSPS) is 13.0. The fourth-order valence-electron chi connectivity index (χ4n) is 3.45. The van der Waals surface area contributed by atoms with Gasteiger partial charge in [0.25, 0.3) is 0 Å². The maximum Gasteiger partial charge on any atom is 0.229 e. The third kappa shape index (κ3) is 4.06. The Morgan fingerprint density at radius 1 is 0.931 bits per heavy atom. The molecule has 1 aliphatic rings. The third-order valence-corrected chi connectivity index (χ3v) is 5.18. The summed E-state index contributed by atoms with van der Waals surface area (Å²) in [4.78, 5) is 21.9. The van der Waals surface area contributed by atoms with Gasteiger partial charge in [-0.1, -0.05) is 12.1 Å². The van der Waals surface area contributed by atoms with E-state index in [1.165, 1.54) is 11.1 Å². The SMILES string of the molecule is COc1cccc(Nc2nc3c(c(Nc4ccc(C)c(C)c4)n2)C(=O)CCC3)c1. The van der Waals surface area contributed by atoms with Gasteiger partial charge in [-0.25, -0.2) is 4.98 Å². The first-order valence-corrected chi connectivity index (χ1v) is 9.73. The number of anilines is 4. The molecule has 2 N–H and O–H groups in total. The molecule has 0 aliphatic heterocycles. The average molecular weight is 388 g/mol. The van der Waals surface area contributed by atoms with Crippen LogP contribution in [0.3, 0.4) is 0 Å². The molecule has 1 aliphatic carbocycles. The summed E-state index contributed by atoms with van der Waals surface area (Å²) >= 11 is 0. The first-order chi connectivity index (χ1) is 14.0. The second-order valence-corrected chi connectivity index (χ2v) is 7.28. The van der Waals surface area contributed by atoms with Crippen LogP contribution in [0.15, 0.2) is 42.5 Å². The number of nitrogens with zero attached hydrogens (tertiary/aromatic N) is 2. The number of Topliss-reactive ketones (excluding diaryl/α,β-unsaturated/α-hetero) is 1. The molecule has 148 valence electrons. The van der Waals surface area contributed by atoms with E-state index in [0.29, 0.717) is 23.8 Å². The summed E-state index contributed by atoms with van der Waals surface area (Å²) in [5.74, 6) is 1.84. The summed E-state index contributed by atoms with van der Waals surface area (Å²) in [6, 6.07) is 13.7. The zero-order chi connectivity index (χ0) is 20.4. The molecular weight excluding hydrogens is 364 g/mol. The second-order valence-electron chi connectivity index (χ2n) is 7.28. The number of ketones is 1. The fraction of sp³-hybridized carbons (Fsp3) is 0.261. The molecular formula is C23H24N4O2. The van der Waals surface area contributed by atoms with Gasteiger partial charge in [-0.05, 0) is 62.1 Å². The van der Waals surface area contributed by atoms with E-state index in [9.17, 15) is 4.79 Å². The molecule has 0 unspecified atom stereocenters. The number of carbonyl (C=O) groups excluding carboxylic acids is 1. The third-order valence-electron chi connectivity index (χ3n) is 5.18. The van der Waals surface area contributed by atoms with Gasteiger partial charge in [0.05, 0.1) is 18.4 Å². The Labute approximate surface area is 170 Å². The van der Waals surface area contributed by atoms with Gasteiger partial charge in [0.1, 0.15) is 11.6 Å². The highest BCUT2D eigenvalue weighted by atomic mass is 16.5. The monoisotopic (exact) mass is 388 g/mol. The number of hydrogen-bond donors (Lipinski definition) is 2. The van der Waals surface area contributed by atoms with Crippen molar-refractivity contribution in [1.82, 2.24) is 9.97 Å². The van der Waals surface area contributed by atoms with Gasteiger partial charge in [-0.15, -0.1) is 0 Å². The van der Waals surface area contributed by atoms with Crippen LogP contribution in [-0.2, 0) is 6.42 Å². The molecule has 0 saturated carbocycles. The van der Waals surface area contributed by atoms with Gasteiger partial charge in [0, 0.05) is 23.9 Å². The number of hydrogen-bond acceptors (Lipinski definition) is 6. The van der Waals surface area contributed by atoms with E-state index in [-0.39, 0.29) is 5.78 Å². The molecule has 6 heteroatoms. The zero-order valence-corrected chi connectivity index (χ0v) is 16.9. The Morgan fingerprint density at radius 2 is 1.76 bits per heavy atom. The van der Waals surface area contributed by atoms with Crippen LogP contribution in [0.2, 0.25) is 0 Å². The number of methoxy groups -OCH3 is 1. The molecule has 0 radical (unpaired) electrons. The molecule has 6 nitrogen and oxygen atoms in total. The van der Waals surface area contributed by atoms with Crippen molar-refractivity contribution in [3.05, 3.63) is 64.8 Å². The molecule has 0 atom stereocenters. The highest BCUT2D eigenvalue weighted by molar-refractivity contribution is 6.03. The smallest absolute Gasteiger partial charge is 0.229 e. The zero-order valence-electron chi connectivity index (χ0n) is 16.9. The lowest BCUT2D eigenvalue weighted by Crippen LogP contribution is -2.18. The van der Waals surface area contributed by atoms with Crippen LogP contribution in [0.1, 0.15) is 40.0 Å². The summed E-state index contributed by atoms with van der Waals surface area (Å²) in [5.41, 5.74) is 5.51. The van der Waals surface area contributed by atoms with Crippen molar-refractivity contribution in [2.24, 2.45) is 0 Å². The number of ether oxygens (including phenoxy) is 1. The number of carbonyl (C=O) groups is 1. The number of aryl methyl sites for hydroxylation is 3. The summed E-state index contributed by atoms with van der Waals surface area (Å²) in [6.07, 6.45) is 2.10. The number of rotatable bonds is 5. The van der Waals surface area contributed by atoms with E-state index >= 15 is 0 Å². The molecule has 4 rings (SSSR count). The van der Waals surface area contributed by atoms with Crippen molar-refractivity contribution in [1.29, 1.82) is 0 Å². The maximum absolute atomic E-state index is 12.6. The molecule has 3 aromatic rings. The van der Waals surface area contributed by atoms with Crippen molar-refractivity contribution < 1.29 is 9.53 Å². The van der Waals surface area contributed by atoms with Gasteiger partial charge in [0.2, 0.25) is 5.95 Å². The molecule has 0 spiro atoms. The van der Waals surface area contributed by atoms with Crippen LogP contribution < -0.4 is 15.4 Å². The number of nitrogens with one attached hydrogen (secondary N) is 2. The van der Waals surface area contributed by atoms with E-state index in [1.807, 2.05) is 30.3 Å². The minimum absolute atomic E-state index is 0.0884. The highest BCUT2D eigenvalue weighted by Gasteiger charge is 2.25. The van der Waals surface area contributed by atoms with Crippen LogP contribution >= 0.6 is 0 Å². The lowest BCUT2D eigenvalue weighted by molar-refractivity contribution is 0.0972. The highest BCUT2D eigenvalue weighted by Crippen LogP contribution is 2.30. The largest absolute Gasteiger partial charge is 0.497 e. The first kappa shape index (κ1) is 18.9. The minimum Gasteiger partial charge on any atom is -0.497 e. The Hall–Kier alpha value is -3.41. The van der Waals surface area contributed by atoms with Crippen molar-refractivity contribution in [3.8, 4) is 5.75 Å². The number of fused-ring (bicyclic) bond motifs is 1. The molecule has 0 amide bonds. The standard InChI is InChI=1S/C23H24N4O2/c1-14-10-11-17(12-15(14)2)24-22-21-19(8-5-9-20(21)28)26-23(27-22)25-16-6-4-7-18(13-16)29-3/h4,6-7,10-13H,5,8-9H2,1-3H3,(H2,24,25,26,27). The van der Waals surface area contributed by atoms with Gasteiger partial charge >= 0.3 is 0 Å². The van der Waals surface area contributed by atoms with E-state index in [0.717, 1.165) is 35.7 Å². The number of aromatic nitrogens is 2. The average Bonchev–Trinajstić information content (AvgIpc) is 2.71. The Balaban J connectivity index is 1.72. The summed E-state index contributed by atoms with van der Waals surface area (Å²) in [7, 11) is 1.63. The molecule has 1 aromatic heterocycles. The van der Waals surface area contributed by atoms with Crippen LogP contribution in [-0.4, -0.2) is 22.9 Å². The van der Waals surface area contributed by atoms with E-state index < -0.39 is 0 Å². The summed E-state index contributed by atoms with van der Waals surface area (Å²) in [5, 5.41) is 6.58. The maximum atomic E-state index is 12.6. The molecule has 0 bridgehead atoms. The van der Waals surface area contributed by atoms with E-state index in [4.69, 9.17) is 4.74 Å². The fourth-order valence-corrected chi connectivity index (χ4v) is 3.45. The molecule has 29 heavy (non-hydrogen) atoms. The van der Waals surface area contributed by atoms with Crippen LogP contribution in [0, 0.1) is 13.8 Å². The van der Waals surface area contributed by atoms with Crippen LogP contribution in [0.5, 0.6) is 5.75 Å². The molecule has 1 heterocycles. The van der Waals surface area contributed by atoms with Crippen molar-refractivity contribution >= 4 is 28.9 Å². The van der Waals surface area contributed by atoms with Gasteiger partial charge in [0.15, 0.2) is 5.78 Å². The summed E-state index contributed by atoms with van der Waals surface area (Å²) in [6.45, 7) is 4.14. The first-order valence-electron chi connectivity index (χ1n) is 9.73. The predicted octanol–water partition coefficient (Wildman–Crippen LogP) is 5.11. The quantitative estimate of drug-likeness (QED) is 0.633. The second kappa shape index (κ2) is 7.91. The van der Waals surface area contributed by atoms with Gasteiger partial charge in [-0.3, -0.25) is 4.79 Å². The number of benzene rings is 2. The molecule has 2 aromatic carbocycles. The Morgan fingerprint density at radius 3 is 2.55 bits per heavy atom. The van der Waals surface area contributed by atoms with E-state index in [1.54, 1.807) is 7.11 Å². The van der Waals surface area contributed by atoms with Gasteiger partial charge in [-0.2, -0.15) is 4.98 Å². The molecule has 0 fully saturated rings. The Kier molecular flexibility index (Phi) is 5.16. The molecule has 0 saturated heterocycles. The topological polar surface area (TPSA) is 76.1 Å². The Bertz CT molecular complexity index is 1080. The van der Waals surface area contributed by atoms with E-state index in [2.05, 4.69) is 46.6 Å². The summed E-state index contributed by atoms with van der Waals surface area (Å²) < 4.78 is 5.28. The van der Waals surface area contributed by atoms with Crippen molar-refractivity contribution in [3.63, 3.8) is 0 Å². The van der Waals surface area contributed by atoms with Crippen LogP contribution in [0.4, 0.5) is 23.1 Å². The van der Waals surface area contributed by atoms with Crippen molar-refractivity contribution in [2.75, 3.05) is 17.7 Å². The lowest BCUT2D eigenvalue weighted by atomic mass is 9.95. The lowest BCUT2D eigenvalue weighted by Gasteiger charge is -2.19.